The van der Waals surface area contributed by atoms with Crippen molar-refractivity contribution >= 4 is 17.4 Å². The molecule has 0 spiro atoms. The van der Waals surface area contributed by atoms with Crippen LogP contribution in [-0.2, 0) is 11.2 Å². The average molecular weight is 275 g/mol. The van der Waals surface area contributed by atoms with Crippen molar-refractivity contribution in [3.8, 4) is 5.75 Å². The lowest BCUT2D eigenvalue weighted by Crippen LogP contribution is -2.13. The Hall–Kier alpha value is -1.80. The second-order valence-corrected chi connectivity index (χ2v) is 4.81. The number of ketones is 1. The van der Waals surface area contributed by atoms with Gasteiger partial charge in [0.2, 0.25) is 0 Å². The Balaban J connectivity index is 1.88. The predicted octanol–water partition coefficient (Wildman–Crippen LogP) is 3.84. The molecule has 0 fully saturated rings. The molecule has 0 heterocycles. The molecule has 0 saturated heterocycles. The largest absolute Gasteiger partial charge is 0.486 e. The van der Waals surface area contributed by atoms with Gasteiger partial charge in [0.05, 0.1) is 0 Å². The summed E-state index contributed by atoms with van der Waals surface area (Å²) in [4.78, 5) is 11.8. The van der Waals surface area contributed by atoms with E-state index in [9.17, 15) is 4.79 Å². The lowest BCUT2D eigenvalue weighted by molar-refractivity contribution is -0.120. The van der Waals surface area contributed by atoms with Crippen molar-refractivity contribution < 1.29 is 9.53 Å². The van der Waals surface area contributed by atoms with Crippen molar-refractivity contribution in [2.75, 3.05) is 6.61 Å². The Kier molecular flexibility index (Phi) is 4.58. The predicted molar refractivity (Wildman–Crippen MR) is 76.8 cm³/mol. The van der Waals surface area contributed by atoms with Crippen LogP contribution in [0.2, 0.25) is 5.02 Å². The first-order valence-corrected chi connectivity index (χ1v) is 6.47. The van der Waals surface area contributed by atoms with Crippen molar-refractivity contribution in [3.05, 3.63) is 64.7 Å². The molecule has 0 unspecified atom stereocenters. The van der Waals surface area contributed by atoms with Gasteiger partial charge >= 0.3 is 0 Å². The molecule has 0 N–H and O–H groups in total. The zero-order valence-electron chi connectivity index (χ0n) is 10.7. The quantitative estimate of drug-likeness (QED) is 0.828. The van der Waals surface area contributed by atoms with E-state index in [1.54, 1.807) is 12.1 Å². The molecule has 0 aliphatic rings. The highest BCUT2D eigenvalue weighted by Crippen LogP contribution is 2.21. The Morgan fingerprint density at radius 1 is 1.16 bits per heavy atom. The second-order valence-electron chi connectivity index (χ2n) is 4.40. The number of ether oxygens (including phenoxy) is 1. The minimum atomic E-state index is 0.0544. The fourth-order valence-electron chi connectivity index (χ4n) is 1.75. The van der Waals surface area contributed by atoms with Gasteiger partial charge in [0.25, 0.3) is 0 Å². The number of hydrogen-bond acceptors (Lipinski definition) is 2. The number of halogens is 1. The van der Waals surface area contributed by atoms with Crippen LogP contribution in [0.25, 0.3) is 0 Å². The van der Waals surface area contributed by atoms with Crippen molar-refractivity contribution in [1.82, 2.24) is 0 Å². The third kappa shape index (κ3) is 4.11. The van der Waals surface area contributed by atoms with Crippen LogP contribution in [0.3, 0.4) is 0 Å². The standard InChI is InChI=1S/C16H15ClO2/c1-12-9-15(7-8-16(12)17)19-11-14(18)10-13-5-3-2-4-6-13/h2-9H,10-11H2,1H3. The van der Waals surface area contributed by atoms with Gasteiger partial charge in [-0.3, -0.25) is 4.79 Å². The Morgan fingerprint density at radius 3 is 2.58 bits per heavy atom. The zero-order valence-corrected chi connectivity index (χ0v) is 11.5. The van der Waals surface area contributed by atoms with Gasteiger partial charge in [-0.2, -0.15) is 0 Å². The van der Waals surface area contributed by atoms with Gasteiger partial charge in [-0.15, -0.1) is 0 Å². The summed E-state index contributed by atoms with van der Waals surface area (Å²) >= 11 is 5.93. The lowest BCUT2D eigenvalue weighted by atomic mass is 10.1. The Labute approximate surface area is 118 Å². The molecule has 0 aliphatic heterocycles. The SMILES string of the molecule is Cc1cc(OCC(=O)Cc2ccccc2)ccc1Cl. The van der Waals surface area contributed by atoms with Crippen LogP contribution in [0.5, 0.6) is 5.75 Å². The van der Waals surface area contributed by atoms with E-state index in [1.807, 2.05) is 43.3 Å². The van der Waals surface area contributed by atoms with E-state index in [4.69, 9.17) is 16.3 Å². The highest BCUT2D eigenvalue weighted by molar-refractivity contribution is 6.31. The van der Waals surface area contributed by atoms with Gasteiger partial charge < -0.3 is 4.74 Å². The fraction of sp³-hybridized carbons (Fsp3) is 0.188. The number of rotatable bonds is 5. The summed E-state index contributed by atoms with van der Waals surface area (Å²) in [7, 11) is 0. The number of carbonyl (C=O) groups excluding carboxylic acids is 1. The first-order chi connectivity index (χ1) is 9.15. The molecule has 19 heavy (non-hydrogen) atoms. The molecule has 98 valence electrons. The molecule has 0 aromatic heterocycles. The summed E-state index contributed by atoms with van der Waals surface area (Å²) in [6, 6.07) is 15.0. The molecule has 0 aliphatic carbocycles. The monoisotopic (exact) mass is 274 g/mol. The molecule has 0 atom stereocenters. The van der Waals surface area contributed by atoms with Crippen molar-refractivity contribution in [3.63, 3.8) is 0 Å². The Morgan fingerprint density at radius 2 is 1.89 bits per heavy atom. The second kappa shape index (κ2) is 6.39. The number of aryl methyl sites for hydroxylation is 1. The van der Waals surface area contributed by atoms with Gasteiger partial charge in [0, 0.05) is 11.4 Å². The molecule has 0 radical (unpaired) electrons. The van der Waals surface area contributed by atoms with E-state index in [0.29, 0.717) is 17.2 Å². The Bertz CT molecular complexity index is 564. The minimum Gasteiger partial charge on any atom is -0.486 e. The average Bonchev–Trinajstić information content (AvgIpc) is 2.41. The highest BCUT2D eigenvalue weighted by Gasteiger charge is 2.05. The molecule has 0 saturated carbocycles. The van der Waals surface area contributed by atoms with Crippen molar-refractivity contribution in [1.29, 1.82) is 0 Å². The summed E-state index contributed by atoms with van der Waals surface area (Å²) < 4.78 is 5.47. The summed E-state index contributed by atoms with van der Waals surface area (Å²) in [6.45, 7) is 1.98. The third-order valence-corrected chi connectivity index (χ3v) is 3.20. The fourth-order valence-corrected chi connectivity index (χ4v) is 1.86. The van der Waals surface area contributed by atoms with E-state index < -0.39 is 0 Å². The molecular weight excluding hydrogens is 260 g/mol. The van der Waals surface area contributed by atoms with Gasteiger partial charge in [-0.1, -0.05) is 41.9 Å². The maximum Gasteiger partial charge on any atom is 0.174 e. The van der Waals surface area contributed by atoms with Crippen LogP contribution in [0.4, 0.5) is 0 Å². The summed E-state index contributed by atoms with van der Waals surface area (Å²) in [5.74, 6) is 0.724. The first-order valence-electron chi connectivity index (χ1n) is 6.10. The summed E-state index contributed by atoms with van der Waals surface area (Å²) in [5, 5.41) is 0.697. The van der Waals surface area contributed by atoms with Crippen LogP contribution in [-0.4, -0.2) is 12.4 Å². The number of benzene rings is 2. The van der Waals surface area contributed by atoms with Crippen LogP contribution < -0.4 is 4.74 Å². The smallest absolute Gasteiger partial charge is 0.174 e. The van der Waals surface area contributed by atoms with E-state index in [0.717, 1.165) is 11.1 Å². The van der Waals surface area contributed by atoms with Gasteiger partial charge in [-0.25, -0.2) is 0 Å². The van der Waals surface area contributed by atoms with Crippen LogP contribution in [0.15, 0.2) is 48.5 Å². The maximum atomic E-state index is 11.8. The van der Waals surface area contributed by atoms with Crippen molar-refractivity contribution in [2.24, 2.45) is 0 Å². The molecule has 0 amide bonds. The maximum absolute atomic E-state index is 11.8. The van der Waals surface area contributed by atoms with Gasteiger partial charge in [0.1, 0.15) is 12.4 Å². The normalized spacial score (nSPS) is 10.2. The molecule has 3 heteroatoms. The molecule has 2 aromatic carbocycles. The van der Waals surface area contributed by atoms with Gasteiger partial charge in [0.15, 0.2) is 5.78 Å². The third-order valence-electron chi connectivity index (χ3n) is 2.77. The van der Waals surface area contributed by atoms with Crippen LogP contribution in [0, 0.1) is 6.92 Å². The van der Waals surface area contributed by atoms with Crippen LogP contribution in [0.1, 0.15) is 11.1 Å². The lowest BCUT2D eigenvalue weighted by Gasteiger charge is -2.07. The van der Waals surface area contributed by atoms with Crippen molar-refractivity contribution in [2.45, 2.75) is 13.3 Å². The molecule has 2 aromatic rings. The van der Waals surface area contributed by atoms with E-state index in [1.165, 1.54) is 0 Å². The minimum absolute atomic E-state index is 0.0544. The van der Waals surface area contributed by atoms with E-state index in [2.05, 4.69) is 0 Å². The van der Waals surface area contributed by atoms with E-state index in [-0.39, 0.29) is 12.4 Å². The molecule has 2 nitrogen and oxygen atoms in total. The molecular formula is C16H15ClO2. The number of hydrogen-bond donors (Lipinski definition) is 0. The van der Waals surface area contributed by atoms with Gasteiger partial charge in [-0.05, 0) is 36.2 Å². The zero-order chi connectivity index (χ0) is 13.7. The van der Waals surface area contributed by atoms with E-state index >= 15 is 0 Å². The molecule has 0 bridgehead atoms. The topological polar surface area (TPSA) is 26.3 Å². The summed E-state index contributed by atoms with van der Waals surface area (Å²) in [5.41, 5.74) is 1.94. The highest BCUT2D eigenvalue weighted by atomic mass is 35.5. The van der Waals surface area contributed by atoms with Crippen LogP contribution >= 0.6 is 11.6 Å². The molecule has 2 rings (SSSR count). The first kappa shape index (κ1) is 13.6. The number of Topliss-reactive ketones (excluding diaryl/α,β-unsaturated/α-hetero) is 1. The number of carbonyl (C=O) groups is 1. The summed E-state index contributed by atoms with van der Waals surface area (Å²) in [6.07, 6.45) is 0.396.